The lowest BCUT2D eigenvalue weighted by molar-refractivity contribution is 0.0925. The summed E-state index contributed by atoms with van der Waals surface area (Å²) in [6.45, 7) is 3.48. The Morgan fingerprint density at radius 1 is 1.85 bits per heavy atom. The Bertz CT molecular complexity index is 298. The fourth-order valence-corrected chi connectivity index (χ4v) is 1.56. The van der Waals surface area contributed by atoms with Gasteiger partial charge < -0.3 is 10.4 Å². The van der Waals surface area contributed by atoms with Crippen LogP contribution < -0.4 is 5.32 Å². The van der Waals surface area contributed by atoms with E-state index in [0.717, 1.165) is 5.69 Å². The van der Waals surface area contributed by atoms with Crippen molar-refractivity contribution < 1.29 is 9.90 Å². The summed E-state index contributed by atoms with van der Waals surface area (Å²) in [6.07, 6.45) is 0. The van der Waals surface area contributed by atoms with Gasteiger partial charge in [-0.1, -0.05) is 0 Å². The van der Waals surface area contributed by atoms with Gasteiger partial charge in [0.25, 0.3) is 5.91 Å². The maximum absolute atomic E-state index is 11.4. The van der Waals surface area contributed by atoms with Crippen molar-refractivity contribution in [1.82, 2.24) is 10.3 Å². The highest BCUT2D eigenvalue weighted by atomic mass is 32.1. The zero-order chi connectivity index (χ0) is 9.84. The summed E-state index contributed by atoms with van der Waals surface area (Å²) < 4.78 is 0. The van der Waals surface area contributed by atoms with Gasteiger partial charge in [-0.25, -0.2) is 4.98 Å². The van der Waals surface area contributed by atoms with Crippen LogP contribution in [0.25, 0.3) is 0 Å². The average molecular weight is 200 g/mol. The number of carbonyl (C=O) groups is 1. The molecule has 0 bridgehead atoms. The molecule has 0 spiro atoms. The van der Waals surface area contributed by atoms with Crippen LogP contribution in [0.3, 0.4) is 0 Å². The Morgan fingerprint density at radius 3 is 3.00 bits per heavy atom. The number of amides is 1. The molecule has 0 aliphatic heterocycles. The largest absolute Gasteiger partial charge is 0.394 e. The first kappa shape index (κ1) is 10.1. The third-order valence-corrected chi connectivity index (χ3v) is 2.53. The maximum atomic E-state index is 11.4. The van der Waals surface area contributed by atoms with Crippen molar-refractivity contribution in [3.05, 3.63) is 16.1 Å². The van der Waals surface area contributed by atoms with E-state index in [4.69, 9.17) is 5.11 Å². The van der Waals surface area contributed by atoms with E-state index in [9.17, 15) is 4.79 Å². The van der Waals surface area contributed by atoms with E-state index in [-0.39, 0.29) is 18.6 Å². The van der Waals surface area contributed by atoms with Crippen LogP contribution in [0, 0.1) is 6.92 Å². The van der Waals surface area contributed by atoms with E-state index in [1.165, 1.54) is 11.3 Å². The molecule has 0 aromatic carbocycles. The highest BCUT2D eigenvalue weighted by Crippen LogP contribution is 2.11. The third kappa shape index (κ3) is 2.50. The smallest absolute Gasteiger partial charge is 0.263 e. The summed E-state index contributed by atoms with van der Waals surface area (Å²) in [5, 5.41) is 11.4. The lowest BCUT2D eigenvalue weighted by Crippen LogP contribution is -2.34. The molecule has 0 aliphatic carbocycles. The van der Waals surface area contributed by atoms with E-state index in [1.54, 1.807) is 19.4 Å². The van der Waals surface area contributed by atoms with E-state index in [1.807, 2.05) is 0 Å². The maximum Gasteiger partial charge on any atom is 0.263 e. The molecule has 0 aliphatic rings. The second kappa shape index (κ2) is 4.34. The summed E-state index contributed by atoms with van der Waals surface area (Å²) in [7, 11) is 0. The molecule has 1 heterocycles. The van der Waals surface area contributed by atoms with Crippen molar-refractivity contribution >= 4 is 17.2 Å². The topological polar surface area (TPSA) is 62.2 Å². The molecule has 1 amide bonds. The Kier molecular flexibility index (Phi) is 3.39. The van der Waals surface area contributed by atoms with E-state index < -0.39 is 0 Å². The molecular formula is C8H12N2O2S. The van der Waals surface area contributed by atoms with Crippen molar-refractivity contribution in [3.63, 3.8) is 0 Å². The highest BCUT2D eigenvalue weighted by molar-refractivity contribution is 7.11. The van der Waals surface area contributed by atoms with Crippen molar-refractivity contribution in [3.8, 4) is 0 Å². The number of rotatable bonds is 3. The van der Waals surface area contributed by atoms with Crippen LogP contribution >= 0.6 is 11.3 Å². The Morgan fingerprint density at radius 2 is 2.54 bits per heavy atom. The van der Waals surface area contributed by atoms with Crippen LogP contribution in [0.5, 0.6) is 0 Å². The predicted molar refractivity (Wildman–Crippen MR) is 50.9 cm³/mol. The van der Waals surface area contributed by atoms with Crippen molar-refractivity contribution in [1.29, 1.82) is 0 Å². The normalized spacial score (nSPS) is 12.5. The SMILES string of the molecule is Cc1ncsc1C(=O)N[C@@H](C)CO. The number of carbonyl (C=O) groups excluding carboxylic acids is 1. The summed E-state index contributed by atoms with van der Waals surface area (Å²) in [5.74, 6) is -0.165. The molecular weight excluding hydrogens is 188 g/mol. The molecule has 5 heteroatoms. The lowest BCUT2D eigenvalue weighted by atomic mass is 10.3. The van der Waals surface area contributed by atoms with Gasteiger partial charge in [0.15, 0.2) is 0 Å². The highest BCUT2D eigenvalue weighted by Gasteiger charge is 2.13. The van der Waals surface area contributed by atoms with Crippen LogP contribution in [0.15, 0.2) is 5.51 Å². The van der Waals surface area contributed by atoms with E-state index in [0.29, 0.717) is 4.88 Å². The quantitative estimate of drug-likeness (QED) is 0.749. The third-order valence-electron chi connectivity index (χ3n) is 1.60. The molecule has 72 valence electrons. The van der Waals surface area contributed by atoms with Crippen LogP contribution in [-0.2, 0) is 0 Å². The molecule has 1 aromatic heterocycles. The number of hydrogen-bond acceptors (Lipinski definition) is 4. The zero-order valence-electron chi connectivity index (χ0n) is 7.57. The summed E-state index contributed by atoms with van der Waals surface area (Å²) in [6, 6.07) is -0.214. The lowest BCUT2D eigenvalue weighted by Gasteiger charge is -2.09. The molecule has 1 aromatic rings. The zero-order valence-corrected chi connectivity index (χ0v) is 8.39. The van der Waals surface area contributed by atoms with Crippen LogP contribution in [0.1, 0.15) is 22.3 Å². The number of aromatic nitrogens is 1. The summed E-state index contributed by atoms with van der Waals surface area (Å²) in [5.41, 5.74) is 2.36. The van der Waals surface area contributed by atoms with E-state index >= 15 is 0 Å². The summed E-state index contributed by atoms with van der Waals surface area (Å²) in [4.78, 5) is 16.0. The minimum Gasteiger partial charge on any atom is -0.394 e. The molecule has 1 atom stereocenters. The van der Waals surface area contributed by atoms with Gasteiger partial charge in [0.1, 0.15) is 4.88 Å². The molecule has 0 fully saturated rings. The average Bonchev–Trinajstić information content (AvgIpc) is 2.51. The molecule has 1 rings (SSSR count). The fourth-order valence-electron chi connectivity index (χ4n) is 0.855. The molecule has 0 saturated heterocycles. The van der Waals surface area contributed by atoms with Gasteiger partial charge in [0.2, 0.25) is 0 Å². The number of nitrogens with one attached hydrogen (secondary N) is 1. The monoisotopic (exact) mass is 200 g/mol. The van der Waals surface area contributed by atoms with Crippen LogP contribution in [0.4, 0.5) is 0 Å². The second-order valence-electron chi connectivity index (χ2n) is 2.82. The van der Waals surface area contributed by atoms with Gasteiger partial charge in [0, 0.05) is 6.04 Å². The van der Waals surface area contributed by atoms with E-state index in [2.05, 4.69) is 10.3 Å². The molecule has 4 nitrogen and oxygen atoms in total. The number of thiazole rings is 1. The minimum absolute atomic E-state index is 0.0520. The van der Waals surface area contributed by atoms with Crippen molar-refractivity contribution in [2.24, 2.45) is 0 Å². The minimum atomic E-state index is -0.214. The summed E-state index contributed by atoms with van der Waals surface area (Å²) >= 11 is 1.31. The molecule has 0 saturated carbocycles. The van der Waals surface area contributed by atoms with Gasteiger partial charge in [-0.2, -0.15) is 0 Å². The Hall–Kier alpha value is -0.940. The van der Waals surface area contributed by atoms with Crippen molar-refractivity contribution in [2.45, 2.75) is 19.9 Å². The number of nitrogens with zero attached hydrogens (tertiary/aromatic N) is 1. The van der Waals surface area contributed by atoms with Gasteiger partial charge in [-0.05, 0) is 13.8 Å². The molecule has 13 heavy (non-hydrogen) atoms. The number of aliphatic hydroxyl groups excluding tert-OH is 1. The Labute approximate surface area is 80.6 Å². The standard InChI is InChI=1S/C8H12N2O2S/c1-5(3-11)10-8(12)7-6(2)9-4-13-7/h4-5,11H,3H2,1-2H3,(H,10,12)/t5-/m0/s1. The first-order valence-electron chi connectivity index (χ1n) is 3.97. The number of aliphatic hydroxyl groups is 1. The van der Waals surface area contributed by atoms with Crippen LogP contribution in [-0.4, -0.2) is 28.6 Å². The van der Waals surface area contributed by atoms with Gasteiger partial charge in [-0.15, -0.1) is 11.3 Å². The van der Waals surface area contributed by atoms with Gasteiger partial charge in [0.05, 0.1) is 17.8 Å². The van der Waals surface area contributed by atoms with Gasteiger partial charge >= 0.3 is 0 Å². The Balaban J connectivity index is 2.64. The first-order chi connectivity index (χ1) is 6.15. The molecule has 0 unspecified atom stereocenters. The molecule has 0 radical (unpaired) electrons. The number of hydrogen-bond donors (Lipinski definition) is 2. The first-order valence-corrected chi connectivity index (χ1v) is 4.85. The second-order valence-corrected chi connectivity index (χ2v) is 3.68. The fraction of sp³-hybridized carbons (Fsp3) is 0.500. The molecule has 2 N–H and O–H groups in total. The van der Waals surface area contributed by atoms with Gasteiger partial charge in [-0.3, -0.25) is 4.79 Å². The van der Waals surface area contributed by atoms with Crippen LogP contribution in [0.2, 0.25) is 0 Å². The predicted octanol–water partition coefficient (Wildman–Crippen LogP) is 0.562. The number of aryl methyl sites for hydroxylation is 1. The van der Waals surface area contributed by atoms with Crippen molar-refractivity contribution in [2.75, 3.05) is 6.61 Å².